The molecule has 2 aliphatic rings. The van der Waals surface area contributed by atoms with Crippen molar-refractivity contribution in [1.29, 1.82) is 0 Å². The smallest absolute Gasteiger partial charge is 0.160 e. The first-order valence-corrected chi connectivity index (χ1v) is 7.06. The minimum Gasteiger partial charge on any atom is -0.374 e. The fraction of sp³-hybridized carbons (Fsp3) is 0.500. The van der Waals surface area contributed by atoms with Crippen molar-refractivity contribution in [2.45, 2.75) is 25.5 Å². The van der Waals surface area contributed by atoms with Crippen LogP contribution in [0.3, 0.4) is 0 Å². The van der Waals surface area contributed by atoms with Gasteiger partial charge in [-0.2, -0.15) is 5.10 Å². The zero-order valence-electron chi connectivity index (χ0n) is 12.2. The highest BCUT2D eigenvalue weighted by molar-refractivity contribution is 5.91. The summed E-state index contributed by atoms with van der Waals surface area (Å²) in [5.41, 5.74) is 1.02. The number of H-pyrrole nitrogens is 1. The summed E-state index contributed by atoms with van der Waals surface area (Å²) in [5.74, 6) is 1.86. The van der Waals surface area contributed by atoms with Gasteiger partial charge in [0.15, 0.2) is 5.82 Å². The van der Waals surface area contributed by atoms with Gasteiger partial charge in [0, 0.05) is 25.9 Å². The van der Waals surface area contributed by atoms with Crippen molar-refractivity contribution >= 4 is 28.8 Å². The molecule has 2 unspecified atom stereocenters. The second-order valence-corrected chi connectivity index (χ2v) is 5.15. The minimum absolute atomic E-state index is 0.381. The Kier molecular flexibility index (Phi) is 3.74. The average molecular weight is 289 g/mol. The molecule has 2 saturated heterocycles. The molecule has 0 aromatic carbocycles. The predicted molar refractivity (Wildman–Crippen MR) is 80.7 cm³/mol. The van der Waals surface area contributed by atoms with Gasteiger partial charge in [0.1, 0.15) is 12.1 Å². The van der Waals surface area contributed by atoms with Crippen molar-refractivity contribution in [3.8, 4) is 0 Å². The van der Waals surface area contributed by atoms with Gasteiger partial charge in [-0.25, -0.2) is 4.98 Å². The molecule has 2 N–H and O–H groups in total. The van der Waals surface area contributed by atoms with E-state index in [1.165, 1.54) is 6.92 Å². The fourth-order valence-corrected chi connectivity index (χ4v) is 2.91. The molecular weight excluding hydrogens is 270 g/mol. The lowest BCUT2D eigenvalue weighted by Crippen LogP contribution is -2.37. The van der Waals surface area contributed by atoms with E-state index in [2.05, 4.69) is 25.4 Å². The zero-order chi connectivity index (χ0) is 14.8. The highest BCUT2D eigenvalue weighted by atomic mass is 16.5. The number of ether oxygens (including phenoxy) is 1. The molecule has 4 rings (SSSR count). The number of hydrogen-bond acceptors (Lipinski definition) is 6. The van der Waals surface area contributed by atoms with Crippen LogP contribution in [0.2, 0.25) is 0 Å². The number of anilines is 2. The van der Waals surface area contributed by atoms with Crippen LogP contribution in [0.25, 0.3) is 10.9 Å². The average Bonchev–Trinajstić information content (AvgIpc) is 3.21. The number of nitrogens with one attached hydrogen (secondary N) is 2. The number of pyridine rings is 1. The van der Waals surface area contributed by atoms with Gasteiger partial charge in [-0.1, -0.05) is 0 Å². The molecule has 2 fully saturated rings. The first-order chi connectivity index (χ1) is 10.3. The van der Waals surface area contributed by atoms with E-state index < -0.39 is 0 Å². The number of aldehydes is 1. The number of carbonyl (C=O) groups excluding carboxylic acids is 1. The summed E-state index contributed by atoms with van der Waals surface area (Å²) in [6.45, 7) is 3.21. The third kappa shape index (κ3) is 2.44. The molecule has 0 saturated carbocycles. The van der Waals surface area contributed by atoms with E-state index >= 15 is 0 Å². The number of aromatic nitrogens is 3. The maximum absolute atomic E-state index is 8.81. The monoisotopic (exact) mass is 289 g/mol. The molecule has 21 heavy (non-hydrogen) atoms. The molecule has 4 heterocycles. The summed E-state index contributed by atoms with van der Waals surface area (Å²) in [6.07, 6.45) is 4.13. The molecule has 2 atom stereocenters. The van der Waals surface area contributed by atoms with Crippen molar-refractivity contribution in [3.63, 3.8) is 0 Å². The van der Waals surface area contributed by atoms with Crippen LogP contribution in [-0.4, -0.2) is 53.8 Å². The Labute approximate surface area is 122 Å². The van der Waals surface area contributed by atoms with Crippen LogP contribution in [-0.2, 0) is 9.53 Å². The first-order valence-electron chi connectivity index (χ1n) is 7.06. The molecule has 0 spiro atoms. The summed E-state index contributed by atoms with van der Waals surface area (Å²) in [6, 6.07) is 2.46. The molecule has 2 bridgehead atoms. The summed E-state index contributed by atoms with van der Waals surface area (Å²) in [4.78, 5) is 15.5. The van der Waals surface area contributed by atoms with Crippen LogP contribution in [0.15, 0.2) is 12.3 Å². The lowest BCUT2D eigenvalue weighted by Gasteiger charge is -2.26. The normalized spacial score (nSPS) is 23.0. The van der Waals surface area contributed by atoms with Gasteiger partial charge in [-0.05, 0) is 13.3 Å². The molecule has 112 valence electrons. The van der Waals surface area contributed by atoms with E-state index in [0.29, 0.717) is 12.1 Å². The maximum atomic E-state index is 8.81. The van der Waals surface area contributed by atoms with Gasteiger partial charge < -0.3 is 19.7 Å². The third-order valence-electron chi connectivity index (χ3n) is 3.86. The molecule has 7 nitrogen and oxygen atoms in total. The Hall–Kier alpha value is -2.15. The van der Waals surface area contributed by atoms with Crippen LogP contribution in [0.4, 0.5) is 11.6 Å². The standard InChI is InChI=1S/C12H15N5O.C2H4O/c1-13-11-3-10-9(4-14-11)12(16-15-10)17-5-8-2-7(17)6-18-8;1-2-3/h3-4,7-8H,2,5-6H2,1H3,(H,13,14)(H,15,16);2H,1H3. The van der Waals surface area contributed by atoms with Crippen molar-refractivity contribution in [2.75, 3.05) is 30.4 Å². The molecule has 0 radical (unpaired) electrons. The van der Waals surface area contributed by atoms with Crippen molar-refractivity contribution < 1.29 is 9.53 Å². The Bertz CT molecular complexity index is 641. The van der Waals surface area contributed by atoms with Crippen molar-refractivity contribution in [2.24, 2.45) is 0 Å². The van der Waals surface area contributed by atoms with Crippen LogP contribution >= 0.6 is 0 Å². The van der Waals surface area contributed by atoms with Gasteiger partial charge in [0.25, 0.3) is 0 Å². The Balaban J connectivity index is 0.000000409. The van der Waals surface area contributed by atoms with E-state index in [0.717, 1.165) is 48.4 Å². The number of rotatable bonds is 2. The Morgan fingerprint density at radius 3 is 3.00 bits per heavy atom. The quantitative estimate of drug-likeness (QED) is 0.808. The van der Waals surface area contributed by atoms with Crippen molar-refractivity contribution in [1.82, 2.24) is 15.2 Å². The second-order valence-electron chi connectivity index (χ2n) is 5.15. The molecule has 2 aliphatic heterocycles. The van der Waals surface area contributed by atoms with Gasteiger partial charge in [0.05, 0.1) is 29.7 Å². The highest BCUT2D eigenvalue weighted by Crippen LogP contribution is 2.35. The maximum Gasteiger partial charge on any atom is 0.160 e. The van der Waals surface area contributed by atoms with Gasteiger partial charge in [0.2, 0.25) is 0 Å². The molecule has 2 aromatic rings. The summed E-state index contributed by atoms with van der Waals surface area (Å²) in [7, 11) is 1.86. The minimum atomic E-state index is 0.381. The SMILES string of the molecule is CC=O.CNc1cc2[nH]nc(N3CC4CC3CO4)c2cn1. The molecular formula is C14H19N5O2. The number of carbonyl (C=O) groups is 1. The first kappa shape index (κ1) is 13.8. The summed E-state index contributed by atoms with van der Waals surface area (Å²) in [5, 5.41) is 11.7. The zero-order valence-corrected chi connectivity index (χ0v) is 12.2. The van der Waals surface area contributed by atoms with E-state index in [4.69, 9.17) is 9.53 Å². The van der Waals surface area contributed by atoms with Crippen LogP contribution < -0.4 is 10.2 Å². The highest BCUT2D eigenvalue weighted by Gasteiger charge is 2.40. The number of morpholine rings is 1. The van der Waals surface area contributed by atoms with E-state index in [9.17, 15) is 0 Å². The second kappa shape index (κ2) is 5.69. The van der Waals surface area contributed by atoms with Crippen LogP contribution in [0.1, 0.15) is 13.3 Å². The molecule has 0 amide bonds. The van der Waals surface area contributed by atoms with Crippen LogP contribution in [0.5, 0.6) is 0 Å². The predicted octanol–water partition coefficient (Wildman–Crippen LogP) is 1.18. The number of nitrogens with zero attached hydrogens (tertiary/aromatic N) is 3. The summed E-state index contributed by atoms with van der Waals surface area (Å²) < 4.78 is 5.62. The van der Waals surface area contributed by atoms with Gasteiger partial charge in [-0.3, -0.25) is 5.10 Å². The fourth-order valence-electron chi connectivity index (χ4n) is 2.91. The number of fused-ring (bicyclic) bond motifs is 3. The topological polar surface area (TPSA) is 83.1 Å². The summed E-state index contributed by atoms with van der Waals surface area (Å²) >= 11 is 0. The molecule has 2 aromatic heterocycles. The molecule has 0 aliphatic carbocycles. The largest absolute Gasteiger partial charge is 0.374 e. The third-order valence-corrected chi connectivity index (χ3v) is 3.86. The number of hydrogen-bond donors (Lipinski definition) is 2. The van der Waals surface area contributed by atoms with E-state index in [1.54, 1.807) is 0 Å². The Morgan fingerprint density at radius 1 is 1.57 bits per heavy atom. The molecule has 7 heteroatoms. The van der Waals surface area contributed by atoms with E-state index in [-0.39, 0.29) is 0 Å². The van der Waals surface area contributed by atoms with Crippen LogP contribution in [0, 0.1) is 0 Å². The number of aromatic amines is 1. The Morgan fingerprint density at radius 2 is 2.38 bits per heavy atom. The lowest BCUT2D eigenvalue weighted by molar-refractivity contribution is -0.106. The van der Waals surface area contributed by atoms with Gasteiger partial charge >= 0.3 is 0 Å². The van der Waals surface area contributed by atoms with E-state index in [1.807, 2.05) is 19.3 Å². The van der Waals surface area contributed by atoms with Crippen molar-refractivity contribution in [3.05, 3.63) is 12.3 Å². The lowest BCUT2D eigenvalue weighted by atomic mass is 10.2. The van der Waals surface area contributed by atoms with Gasteiger partial charge in [-0.15, -0.1) is 0 Å².